The van der Waals surface area contributed by atoms with Gasteiger partial charge in [0.15, 0.2) is 0 Å². The Bertz CT molecular complexity index is 990. The monoisotopic (exact) mass is 334 g/mol. The number of thiophene rings is 1. The van der Waals surface area contributed by atoms with Crippen LogP contribution in [0.3, 0.4) is 0 Å². The van der Waals surface area contributed by atoms with Crippen LogP contribution in [0, 0.1) is 0 Å². The van der Waals surface area contributed by atoms with Crippen molar-refractivity contribution < 1.29 is 4.79 Å². The highest BCUT2D eigenvalue weighted by Gasteiger charge is 2.11. The predicted octanol–water partition coefficient (Wildman–Crippen LogP) is 3.84. The number of hydrogen-bond donors (Lipinski definition) is 2. The van der Waals surface area contributed by atoms with Crippen LogP contribution in [-0.2, 0) is 0 Å². The molecular formula is C18H14N4OS. The fourth-order valence-electron chi connectivity index (χ4n) is 2.45. The Morgan fingerprint density at radius 3 is 2.71 bits per heavy atom. The minimum absolute atomic E-state index is 0.167. The molecule has 118 valence electrons. The van der Waals surface area contributed by atoms with Crippen LogP contribution in [0.25, 0.3) is 16.7 Å². The van der Waals surface area contributed by atoms with Gasteiger partial charge in [-0.15, -0.1) is 11.3 Å². The van der Waals surface area contributed by atoms with Crippen molar-refractivity contribution in [3.63, 3.8) is 0 Å². The maximum Gasteiger partial charge on any atom is 0.279 e. The Balaban J connectivity index is 1.53. The number of benzene rings is 2. The molecule has 2 heterocycles. The number of amides is 1. The molecule has 0 bridgehead atoms. The van der Waals surface area contributed by atoms with Gasteiger partial charge < -0.3 is 0 Å². The molecule has 1 amide bonds. The van der Waals surface area contributed by atoms with E-state index in [-0.39, 0.29) is 5.91 Å². The lowest BCUT2D eigenvalue weighted by Gasteiger charge is -2.06. The summed E-state index contributed by atoms with van der Waals surface area (Å²) in [5.74, 6) is -0.167. The maximum atomic E-state index is 12.3. The van der Waals surface area contributed by atoms with Crippen molar-refractivity contribution in [2.45, 2.75) is 0 Å². The average molecular weight is 334 g/mol. The Morgan fingerprint density at radius 1 is 1.04 bits per heavy atom. The summed E-state index contributed by atoms with van der Waals surface area (Å²) in [6.45, 7) is 0. The number of fused-ring (bicyclic) bond motifs is 1. The van der Waals surface area contributed by atoms with Crippen molar-refractivity contribution in [3.8, 4) is 5.69 Å². The molecule has 5 nitrogen and oxygen atoms in total. The normalized spacial score (nSPS) is 10.7. The van der Waals surface area contributed by atoms with Gasteiger partial charge >= 0.3 is 0 Å². The lowest BCUT2D eigenvalue weighted by Crippen LogP contribution is -2.28. The lowest BCUT2D eigenvalue weighted by molar-refractivity contribution is 0.0966. The van der Waals surface area contributed by atoms with Gasteiger partial charge in [-0.25, -0.2) is 4.98 Å². The summed E-state index contributed by atoms with van der Waals surface area (Å²) < 4.78 is 1.98. The zero-order valence-corrected chi connectivity index (χ0v) is 13.5. The minimum Gasteiger partial charge on any atom is -0.298 e. The highest BCUT2D eigenvalue weighted by Crippen LogP contribution is 2.23. The molecule has 0 fully saturated rings. The number of imidazole rings is 1. The summed E-state index contributed by atoms with van der Waals surface area (Å²) >= 11 is 1.40. The Morgan fingerprint density at radius 2 is 1.83 bits per heavy atom. The van der Waals surface area contributed by atoms with Gasteiger partial charge in [-0.2, -0.15) is 0 Å². The number of carbonyl (C=O) groups is 1. The zero-order valence-electron chi connectivity index (χ0n) is 12.6. The molecule has 4 rings (SSSR count). The molecule has 0 aliphatic heterocycles. The molecule has 0 saturated carbocycles. The second kappa shape index (κ2) is 6.17. The average Bonchev–Trinajstić information content (AvgIpc) is 3.27. The summed E-state index contributed by atoms with van der Waals surface area (Å²) in [4.78, 5) is 17.3. The van der Waals surface area contributed by atoms with E-state index in [9.17, 15) is 4.79 Å². The van der Waals surface area contributed by atoms with Crippen molar-refractivity contribution >= 4 is 34.0 Å². The summed E-state index contributed by atoms with van der Waals surface area (Å²) in [6.07, 6.45) is 1.77. The van der Waals surface area contributed by atoms with Gasteiger partial charge in [-0.1, -0.05) is 30.3 Å². The van der Waals surface area contributed by atoms with Crippen molar-refractivity contribution in [1.82, 2.24) is 15.0 Å². The second-order valence-corrected chi connectivity index (χ2v) is 6.13. The van der Waals surface area contributed by atoms with Crippen LogP contribution in [-0.4, -0.2) is 15.5 Å². The number of nitrogens with one attached hydrogen (secondary N) is 2. The first-order valence-electron chi connectivity index (χ1n) is 7.44. The van der Waals surface area contributed by atoms with E-state index >= 15 is 0 Å². The van der Waals surface area contributed by atoms with Gasteiger partial charge in [0, 0.05) is 5.38 Å². The number of carbonyl (C=O) groups excluding carboxylic acids is 1. The topological polar surface area (TPSA) is 59.0 Å². The lowest BCUT2D eigenvalue weighted by atomic mass is 10.3. The number of hydrazine groups is 1. The zero-order chi connectivity index (χ0) is 16.4. The molecule has 0 saturated heterocycles. The highest BCUT2D eigenvalue weighted by atomic mass is 32.1. The second-order valence-electron chi connectivity index (χ2n) is 5.22. The first-order chi connectivity index (χ1) is 11.8. The standard InChI is InChI=1S/C18H14N4OS/c23-18(21-20-13-6-2-1-3-7-13)17-10-14(11-24-17)22-12-19-15-8-4-5-9-16(15)22/h1-12,20H,(H,21,23). The van der Waals surface area contributed by atoms with E-state index in [0.29, 0.717) is 4.88 Å². The summed E-state index contributed by atoms with van der Waals surface area (Å²) in [5, 5.41) is 1.95. The molecule has 0 radical (unpaired) electrons. The van der Waals surface area contributed by atoms with E-state index in [4.69, 9.17) is 0 Å². The van der Waals surface area contributed by atoms with Gasteiger partial charge in [0.05, 0.1) is 27.3 Å². The predicted molar refractivity (Wildman–Crippen MR) is 96.5 cm³/mol. The molecular weight excluding hydrogens is 320 g/mol. The quantitative estimate of drug-likeness (QED) is 0.557. The number of aromatic nitrogens is 2. The molecule has 24 heavy (non-hydrogen) atoms. The largest absolute Gasteiger partial charge is 0.298 e. The molecule has 4 aromatic rings. The van der Waals surface area contributed by atoms with Gasteiger partial charge in [0.25, 0.3) is 5.91 Å². The molecule has 2 aromatic heterocycles. The number of rotatable bonds is 4. The van der Waals surface area contributed by atoms with Gasteiger partial charge in [0.1, 0.15) is 6.33 Å². The van der Waals surface area contributed by atoms with Crippen LogP contribution < -0.4 is 10.9 Å². The number of nitrogens with zero attached hydrogens (tertiary/aromatic N) is 2. The molecule has 6 heteroatoms. The molecule has 0 aliphatic carbocycles. The fraction of sp³-hybridized carbons (Fsp3) is 0. The van der Waals surface area contributed by atoms with Crippen molar-refractivity contribution in [2.75, 3.05) is 5.43 Å². The van der Waals surface area contributed by atoms with Crippen LogP contribution >= 0.6 is 11.3 Å². The van der Waals surface area contributed by atoms with Gasteiger partial charge in [-0.3, -0.25) is 20.2 Å². The Kier molecular flexibility index (Phi) is 3.72. The molecule has 0 atom stereocenters. The Hall–Kier alpha value is -3.12. The number of hydrogen-bond acceptors (Lipinski definition) is 4. The van der Waals surface area contributed by atoms with Crippen LogP contribution in [0.15, 0.2) is 72.4 Å². The van der Waals surface area contributed by atoms with E-state index < -0.39 is 0 Å². The first-order valence-corrected chi connectivity index (χ1v) is 8.31. The minimum atomic E-state index is -0.167. The van der Waals surface area contributed by atoms with Crippen LogP contribution in [0.2, 0.25) is 0 Å². The molecule has 2 N–H and O–H groups in total. The highest BCUT2D eigenvalue weighted by molar-refractivity contribution is 7.12. The summed E-state index contributed by atoms with van der Waals surface area (Å²) in [6, 6.07) is 19.3. The third-order valence-electron chi connectivity index (χ3n) is 3.64. The van der Waals surface area contributed by atoms with E-state index in [1.165, 1.54) is 11.3 Å². The number of anilines is 1. The molecule has 0 unspecified atom stereocenters. The van der Waals surface area contributed by atoms with Crippen LogP contribution in [0.1, 0.15) is 9.67 Å². The van der Waals surface area contributed by atoms with Crippen LogP contribution in [0.4, 0.5) is 5.69 Å². The molecule has 0 aliphatic rings. The maximum absolute atomic E-state index is 12.3. The summed E-state index contributed by atoms with van der Waals surface area (Å²) in [5.41, 5.74) is 9.33. The van der Waals surface area contributed by atoms with Crippen molar-refractivity contribution in [2.24, 2.45) is 0 Å². The van der Waals surface area contributed by atoms with E-state index in [0.717, 1.165) is 22.4 Å². The smallest absolute Gasteiger partial charge is 0.279 e. The van der Waals surface area contributed by atoms with Crippen molar-refractivity contribution in [1.29, 1.82) is 0 Å². The third kappa shape index (κ3) is 2.75. The SMILES string of the molecule is O=C(NNc1ccccc1)c1cc(-n2cnc3ccccc32)cs1. The third-order valence-corrected chi connectivity index (χ3v) is 4.55. The van der Waals surface area contributed by atoms with E-state index in [1.807, 2.05) is 70.6 Å². The van der Waals surface area contributed by atoms with Gasteiger partial charge in [0.2, 0.25) is 0 Å². The van der Waals surface area contributed by atoms with Crippen molar-refractivity contribution in [3.05, 3.63) is 77.2 Å². The number of para-hydroxylation sites is 3. The molecule has 0 spiro atoms. The first kappa shape index (κ1) is 14.5. The summed E-state index contributed by atoms with van der Waals surface area (Å²) in [7, 11) is 0. The van der Waals surface area contributed by atoms with Crippen LogP contribution in [0.5, 0.6) is 0 Å². The molecule has 2 aromatic carbocycles. The van der Waals surface area contributed by atoms with E-state index in [2.05, 4.69) is 15.8 Å². The van der Waals surface area contributed by atoms with Gasteiger partial charge in [-0.05, 0) is 30.3 Å². The fourth-order valence-corrected chi connectivity index (χ4v) is 3.22. The Labute approximate surface area is 142 Å². The van der Waals surface area contributed by atoms with E-state index in [1.54, 1.807) is 6.33 Å².